The minimum Gasteiger partial charge on any atom is -0.467 e. The monoisotopic (exact) mass is 317 g/mol. The van der Waals surface area contributed by atoms with Gasteiger partial charge in [-0.3, -0.25) is 0 Å². The molecule has 0 atom stereocenters. The molecule has 0 saturated carbocycles. The van der Waals surface area contributed by atoms with E-state index in [9.17, 15) is 0 Å². The van der Waals surface area contributed by atoms with Crippen LogP contribution in [0, 0.1) is 0 Å². The lowest BCUT2D eigenvalue weighted by atomic mass is 10.1. The van der Waals surface area contributed by atoms with Gasteiger partial charge in [0.25, 0.3) is 0 Å². The lowest BCUT2D eigenvalue weighted by molar-refractivity contribution is 0.466. The summed E-state index contributed by atoms with van der Waals surface area (Å²) in [6.07, 6.45) is 1.63. The molecular formula is C14H14Cl3NO. The SMILES string of the molecule is CC(C)NCc1occc1-c1c(Cl)cc(Cl)cc1Cl. The van der Waals surface area contributed by atoms with Crippen molar-refractivity contribution in [2.45, 2.75) is 26.4 Å². The fourth-order valence-electron chi connectivity index (χ4n) is 1.80. The van der Waals surface area contributed by atoms with E-state index in [1.54, 1.807) is 18.4 Å². The van der Waals surface area contributed by atoms with E-state index in [1.807, 2.05) is 6.07 Å². The third-order valence-electron chi connectivity index (χ3n) is 2.69. The van der Waals surface area contributed by atoms with Gasteiger partial charge in [-0.15, -0.1) is 0 Å². The van der Waals surface area contributed by atoms with Crippen molar-refractivity contribution in [3.63, 3.8) is 0 Å². The van der Waals surface area contributed by atoms with E-state index >= 15 is 0 Å². The average molecular weight is 319 g/mol. The fraction of sp³-hybridized carbons (Fsp3) is 0.286. The molecule has 5 heteroatoms. The van der Waals surface area contributed by atoms with E-state index in [2.05, 4.69) is 19.2 Å². The van der Waals surface area contributed by atoms with Crippen molar-refractivity contribution in [3.05, 3.63) is 45.3 Å². The summed E-state index contributed by atoms with van der Waals surface area (Å²) in [5, 5.41) is 4.86. The highest BCUT2D eigenvalue weighted by molar-refractivity contribution is 6.41. The second-order valence-corrected chi connectivity index (χ2v) is 5.79. The van der Waals surface area contributed by atoms with Gasteiger partial charge >= 0.3 is 0 Å². The van der Waals surface area contributed by atoms with Crippen molar-refractivity contribution in [3.8, 4) is 11.1 Å². The number of nitrogens with one attached hydrogen (secondary N) is 1. The van der Waals surface area contributed by atoms with Gasteiger partial charge in [0, 0.05) is 22.2 Å². The van der Waals surface area contributed by atoms with E-state index < -0.39 is 0 Å². The summed E-state index contributed by atoms with van der Waals surface area (Å²) in [5.74, 6) is 0.805. The summed E-state index contributed by atoms with van der Waals surface area (Å²) in [5.41, 5.74) is 1.64. The van der Waals surface area contributed by atoms with E-state index in [4.69, 9.17) is 39.2 Å². The van der Waals surface area contributed by atoms with Gasteiger partial charge in [0.15, 0.2) is 0 Å². The molecule has 102 valence electrons. The zero-order valence-electron chi connectivity index (χ0n) is 10.6. The molecule has 0 spiro atoms. The summed E-state index contributed by atoms with van der Waals surface area (Å²) in [4.78, 5) is 0. The van der Waals surface area contributed by atoms with Crippen LogP contribution in [0.1, 0.15) is 19.6 Å². The van der Waals surface area contributed by atoms with Gasteiger partial charge in [-0.25, -0.2) is 0 Å². The van der Waals surface area contributed by atoms with Gasteiger partial charge in [0.05, 0.1) is 22.9 Å². The number of hydrogen-bond donors (Lipinski definition) is 1. The number of halogens is 3. The molecule has 0 bridgehead atoms. The highest BCUT2D eigenvalue weighted by Gasteiger charge is 2.16. The highest BCUT2D eigenvalue weighted by atomic mass is 35.5. The van der Waals surface area contributed by atoms with Crippen LogP contribution < -0.4 is 5.32 Å². The second-order valence-electron chi connectivity index (χ2n) is 4.54. The summed E-state index contributed by atoms with van der Waals surface area (Å²) in [6.45, 7) is 4.77. The molecule has 0 amide bonds. The first kappa shape index (κ1) is 14.7. The van der Waals surface area contributed by atoms with Crippen LogP contribution >= 0.6 is 34.8 Å². The van der Waals surface area contributed by atoms with Crippen molar-refractivity contribution < 1.29 is 4.42 Å². The maximum absolute atomic E-state index is 6.23. The lowest BCUT2D eigenvalue weighted by Gasteiger charge is -2.10. The topological polar surface area (TPSA) is 25.2 Å². The predicted molar refractivity (Wildman–Crippen MR) is 81.1 cm³/mol. The van der Waals surface area contributed by atoms with Gasteiger partial charge < -0.3 is 9.73 Å². The molecule has 0 saturated heterocycles. The third-order valence-corrected chi connectivity index (χ3v) is 3.51. The molecule has 0 aliphatic carbocycles. The third kappa shape index (κ3) is 3.46. The first-order valence-corrected chi connectivity index (χ1v) is 7.07. The zero-order valence-corrected chi connectivity index (χ0v) is 12.9. The van der Waals surface area contributed by atoms with Gasteiger partial charge in [-0.05, 0) is 18.2 Å². The Labute approximate surface area is 127 Å². The van der Waals surface area contributed by atoms with Crippen LogP contribution in [0.4, 0.5) is 0 Å². The maximum atomic E-state index is 6.23. The largest absolute Gasteiger partial charge is 0.467 e. The van der Waals surface area contributed by atoms with Crippen LogP contribution in [0.3, 0.4) is 0 Å². The average Bonchev–Trinajstić information content (AvgIpc) is 2.73. The van der Waals surface area contributed by atoms with Crippen molar-refractivity contribution in [2.24, 2.45) is 0 Å². The molecule has 19 heavy (non-hydrogen) atoms. The fourth-order valence-corrected chi connectivity index (χ4v) is 2.82. The molecule has 1 N–H and O–H groups in total. The summed E-state index contributed by atoms with van der Waals surface area (Å²) >= 11 is 18.4. The molecule has 0 fully saturated rings. The van der Waals surface area contributed by atoms with E-state index in [0.29, 0.717) is 27.7 Å². The molecule has 2 nitrogen and oxygen atoms in total. The number of benzene rings is 1. The lowest BCUT2D eigenvalue weighted by Crippen LogP contribution is -2.21. The molecule has 0 radical (unpaired) electrons. The summed E-state index contributed by atoms with van der Waals surface area (Å²) < 4.78 is 5.50. The van der Waals surface area contributed by atoms with Gasteiger partial charge in [0.2, 0.25) is 0 Å². The van der Waals surface area contributed by atoms with Crippen molar-refractivity contribution in [2.75, 3.05) is 0 Å². The number of rotatable bonds is 4. The Morgan fingerprint density at radius 2 is 1.79 bits per heavy atom. The predicted octanol–water partition coefficient (Wildman–Crippen LogP) is 5.40. The Balaban J connectivity index is 2.40. The Bertz CT molecular complexity index is 555. The minimum atomic E-state index is 0.370. The Morgan fingerprint density at radius 1 is 1.16 bits per heavy atom. The van der Waals surface area contributed by atoms with Crippen LogP contribution in [0.25, 0.3) is 11.1 Å². The van der Waals surface area contributed by atoms with Gasteiger partial charge in [0.1, 0.15) is 5.76 Å². The van der Waals surface area contributed by atoms with Gasteiger partial charge in [-0.2, -0.15) is 0 Å². The quantitative estimate of drug-likeness (QED) is 0.816. The second kappa shape index (κ2) is 6.19. The molecule has 1 heterocycles. The van der Waals surface area contributed by atoms with Crippen LogP contribution in [-0.2, 0) is 6.54 Å². The number of furan rings is 1. The first-order chi connectivity index (χ1) is 8.99. The van der Waals surface area contributed by atoms with E-state index in [-0.39, 0.29) is 0 Å². The maximum Gasteiger partial charge on any atom is 0.125 e. The van der Waals surface area contributed by atoms with Crippen molar-refractivity contribution in [1.29, 1.82) is 0 Å². The van der Waals surface area contributed by atoms with Crippen molar-refractivity contribution >= 4 is 34.8 Å². The van der Waals surface area contributed by atoms with Crippen molar-refractivity contribution in [1.82, 2.24) is 5.32 Å². The smallest absolute Gasteiger partial charge is 0.125 e. The summed E-state index contributed by atoms with van der Waals surface area (Å²) in [6, 6.07) is 5.58. The Kier molecular flexibility index (Phi) is 4.80. The van der Waals surface area contributed by atoms with Gasteiger partial charge in [-0.1, -0.05) is 48.7 Å². The molecule has 1 aromatic carbocycles. The molecule has 1 aromatic heterocycles. The van der Waals surface area contributed by atoms with Crippen LogP contribution in [0.5, 0.6) is 0 Å². The molecule has 0 unspecified atom stereocenters. The zero-order chi connectivity index (χ0) is 14.0. The van der Waals surface area contributed by atoms with E-state index in [1.165, 1.54) is 0 Å². The Morgan fingerprint density at radius 3 is 2.37 bits per heavy atom. The molecule has 2 rings (SSSR count). The van der Waals surface area contributed by atoms with E-state index in [0.717, 1.165) is 16.9 Å². The number of hydrogen-bond acceptors (Lipinski definition) is 2. The van der Waals surface area contributed by atoms with Crippen LogP contribution in [-0.4, -0.2) is 6.04 Å². The highest BCUT2D eigenvalue weighted by Crippen LogP contribution is 2.39. The van der Waals surface area contributed by atoms with Crippen LogP contribution in [0.15, 0.2) is 28.9 Å². The molecular weight excluding hydrogens is 305 g/mol. The molecule has 0 aliphatic heterocycles. The normalized spacial score (nSPS) is 11.3. The Hall–Kier alpha value is -0.670. The first-order valence-electron chi connectivity index (χ1n) is 5.93. The minimum absolute atomic E-state index is 0.370. The molecule has 0 aliphatic rings. The standard InChI is InChI=1S/C14H14Cl3NO/c1-8(2)18-7-13-10(3-4-19-13)14-11(16)5-9(15)6-12(14)17/h3-6,8,18H,7H2,1-2H3. The molecule has 2 aromatic rings. The van der Waals surface area contributed by atoms with Crippen LogP contribution in [0.2, 0.25) is 15.1 Å². The summed E-state index contributed by atoms with van der Waals surface area (Å²) in [7, 11) is 0.